The average molecular weight is 320 g/mol. The van der Waals surface area contributed by atoms with Crippen LogP contribution in [0.2, 0.25) is 0 Å². The van der Waals surface area contributed by atoms with Crippen LogP contribution >= 0.6 is 0 Å². The monoisotopic (exact) mass is 320 g/mol. The Hall–Kier alpha value is -2.15. The summed E-state index contributed by atoms with van der Waals surface area (Å²) in [6.07, 6.45) is 4.59. The summed E-state index contributed by atoms with van der Waals surface area (Å²) in [5, 5.41) is 0. The van der Waals surface area contributed by atoms with Gasteiger partial charge in [0, 0.05) is 5.56 Å². The number of carbonyl (C=O) groups is 1. The minimum Gasteiger partial charge on any atom is -0.289 e. The molecule has 126 valence electrons. The molecule has 2 aromatic carbocycles. The Morgan fingerprint density at radius 1 is 0.958 bits per heavy atom. The molecule has 1 nitrogen and oxygen atoms in total. The van der Waals surface area contributed by atoms with Gasteiger partial charge in [-0.15, -0.1) is 0 Å². The van der Waals surface area contributed by atoms with Crippen LogP contribution in [-0.2, 0) is 11.8 Å². The highest BCUT2D eigenvalue weighted by Gasteiger charge is 2.12. The van der Waals surface area contributed by atoms with Gasteiger partial charge in [-0.05, 0) is 40.5 Å². The van der Waals surface area contributed by atoms with E-state index in [0.29, 0.717) is 5.92 Å². The van der Waals surface area contributed by atoms with Crippen molar-refractivity contribution >= 4 is 11.9 Å². The average Bonchev–Trinajstić information content (AvgIpc) is 2.52. The molecule has 2 aromatic rings. The van der Waals surface area contributed by atoms with Crippen LogP contribution in [0.3, 0.4) is 0 Å². The first-order valence-corrected chi connectivity index (χ1v) is 8.67. The molecule has 0 aliphatic rings. The van der Waals surface area contributed by atoms with E-state index in [2.05, 4.69) is 71.0 Å². The number of hydrogen-bond donors (Lipinski definition) is 0. The summed E-state index contributed by atoms with van der Waals surface area (Å²) in [6, 6.07) is 16.3. The Morgan fingerprint density at radius 3 is 2.04 bits per heavy atom. The van der Waals surface area contributed by atoms with Crippen molar-refractivity contribution in [2.24, 2.45) is 5.92 Å². The molecule has 0 saturated heterocycles. The predicted molar refractivity (Wildman–Crippen MR) is 103 cm³/mol. The normalized spacial score (nSPS) is 12.1. The van der Waals surface area contributed by atoms with Gasteiger partial charge in [-0.25, -0.2) is 0 Å². The summed E-state index contributed by atoms with van der Waals surface area (Å²) >= 11 is 0. The van der Waals surface area contributed by atoms with Crippen molar-refractivity contribution in [2.45, 2.75) is 46.5 Å². The lowest BCUT2D eigenvalue weighted by molar-refractivity contribution is 0.104. The van der Waals surface area contributed by atoms with Gasteiger partial charge in [0.05, 0.1) is 0 Å². The van der Waals surface area contributed by atoms with Crippen LogP contribution < -0.4 is 0 Å². The van der Waals surface area contributed by atoms with E-state index < -0.39 is 0 Å². The number of ketones is 1. The van der Waals surface area contributed by atoms with E-state index >= 15 is 0 Å². The summed E-state index contributed by atoms with van der Waals surface area (Å²) in [5.74, 6) is 0.675. The van der Waals surface area contributed by atoms with E-state index in [4.69, 9.17) is 0 Å². The van der Waals surface area contributed by atoms with Crippen molar-refractivity contribution in [3.05, 3.63) is 76.9 Å². The third-order valence-electron chi connectivity index (χ3n) is 4.09. The van der Waals surface area contributed by atoms with Crippen molar-refractivity contribution in [1.82, 2.24) is 0 Å². The van der Waals surface area contributed by atoms with Gasteiger partial charge in [-0.3, -0.25) is 4.79 Å². The van der Waals surface area contributed by atoms with Crippen LogP contribution in [0.15, 0.2) is 54.6 Å². The van der Waals surface area contributed by atoms with E-state index in [9.17, 15) is 4.79 Å². The highest BCUT2D eigenvalue weighted by atomic mass is 16.1. The molecule has 0 radical (unpaired) electrons. The van der Waals surface area contributed by atoms with Gasteiger partial charge < -0.3 is 0 Å². The topological polar surface area (TPSA) is 17.1 Å². The molecule has 24 heavy (non-hydrogen) atoms. The fourth-order valence-electron chi connectivity index (χ4n) is 2.64. The molecular formula is C23H28O. The second-order valence-electron chi connectivity index (χ2n) is 7.86. The third kappa shape index (κ3) is 5.19. The number of benzene rings is 2. The van der Waals surface area contributed by atoms with Gasteiger partial charge in [0.2, 0.25) is 0 Å². The first kappa shape index (κ1) is 18.2. The molecular weight excluding hydrogens is 292 g/mol. The maximum atomic E-state index is 12.3. The molecule has 0 fully saturated rings. The molecule has 1 heteroatoms. The number of carbonyl (C=O) groups excluding carboxylic acids is 1. The smallest absolute Gasteiger partial charge is 0.185 e. The largest absolute Gasteiger partial charge is 0.289 e. The molecule has 0 aliphatic heterocycles. The quantitative estimate of drug-likeness (QED) is 0.482. The van der Waals surface area contributed by atoms with E-state index in [1.165, 1.54) is 11.1 Å². The van der Waals surface area contributed by atoms with Gasteiger partial charge in [0.1, 0.15) is 0 Å². The maximum Gasteiger partial charge on any atom is 0.185 e. The second-order valence-corrected chi connectivity index (χ2v) is 7.86. The Bertz CT molecular complexity index is 695. The Kier molecular flexibility index (Phi) is 5.77. The van der Waals surface area contributed by atoms with Crippen LogP contribution in [-0.4, -0.2) is 5.78 Å². The zero-order valence-corrected chi connectivity index (χ0v) is 15.5. The molecule has 0 atom stereocenters. The van der Waals surface area contributed by atoms with Gasteiger partial charge in [-0.1, -0.05) is 89.2 Å². The summed E-state index contributed by atoms with van der Waals surface area (Å²) in [7, 11) is 0. The fourth-order valence-corrected chi connectivity index (χ4v) is 2.64. The second kappa shape index (κ2) is 7.61. The van der Waals surface area contributed by atoms with Crippen LogP contribution in [0, 0.1) is 5.92 Å². The maximum absolute atomic E-state index is 12.3. The highest BCUT2D eigenvalue weighted by Crippen LogP contribution is 2.22. The van der Waals surface area contributed by atoms with Crippen molar-refractivity contribution in [2.75, 3.05) is 0 Å². The minimum absolute atomic E-state index is 0.0472. The van der Waals surface area contributed by atoms with Crippen LogP contribution in [0.1, 0.15) is 61.7 Å². The standard InChI is InChI=1S/C23H28O/c1-17(2)16-19-6-11-20(12-7-19)22(24)15-10-18-8-13-21(14-9-18)23(3,4)5/h6-15,17H,16H2,1-5H3/b15-10+. The summed E-state index contributed by atoms with van der Waals surface area (Å²) in [4.78, 5) is 12.3. The highest BCUT2D eigenvalue weighted by molar-refractivity contribution is 6.06. The number of allylic oxidation sites excluding steroid dienone is 1. The first-order chi connectivity index (χ1) is 11.3. The van der Waals surface area contributed by atoms with Gasteiger partial charge >= 0.3 is 0 Å². The molecule has 2 rings (SSSR count). The molecule has 0 unspecified atom stereocenters. The Morgan fingerprint density at radius 2 is 1.54 bits per heavy atom. The van der Waals surface area contributed by atoms with Gasteiger partial charge in [0.25, 0.3) is 0 Å². The molecule has 0 N–H and O–H groups in total. The lowest BCUT2D eigenvalue weighted by atomic mass is 9.87. The Balaban J connectivity index is 2.04. The first-order valence-electron chi connectivity index (χ1n) is 8.67. The van der Waals surface area contributed by atoms with E-state index in [0.717, 1.165) is 17.5 Å². The van der Waals surface area contributed by atoms with Gasteiger partial charge in [-0.2, -0.15) is 0 Å². The van der Waals surface area contributed by atoms with Crippen molar-refractivity contribution in [1.29, 1.82) is 0 Å². The summed E-state index contributed by atoms with van der Waals surface area (Å²) < 4.78 is 0. The molecule has 0 aromatic heterocycles. The SMILES string of the molecule is CC(C)Cc1ccc(C(=O)/C=C/c2ccc(C(C)(C)C)cc2)cc1. The Labute approximate surface area is 146 Å². The minimum atomic E-state index is 0.0472. The summed E-state index contributed by atoms with van der Waals surface area (Å²) in [6.45, 7) is 11.0. The lowest BCUT2D eigenvalue weighted by Gasteiger charge is -2.18. The number of rotatable bonds is 5. The lowest BCUT2D eigenvalue weighted by Crippen LogP contribution is -2.10. The van der Waals surface area contributed by atoms with Crippen LogP contribution in [0.5, 0.6) is 0 Å². The molecule has 0 aliphatic carbocycles. The van der Waals surface area contributed by atoms with Crippen molar-refractivity contribution in [3.63, 3.8) is 0 Å². The molecule has 0 saturated carbocycles. The molecule has 0 spiro atoms. The van der Waals surface area contributed by atoms with Gasteiger partial charge in [0.15, 0.2) is 5.78 Å². The van der Waals surface area contributed by atoms with E-state index in [1.807, 2.05) is 18.2 Å². The number of hydrogen-bond acceptors (Lipinski definition) is 1. The van der Waals surface area contributed by atoms with E-state index in [-0.39, 0.29) is 11.2 Å². The van der Waals surface area contributed by atoms with Crippen LogP contribution in [0.4, 0.5) is 0 Å². The van der Waals surface area contributed by atoms with Crippen molar-refractivity contribution in [3.8, 4) is 0 Å². The van der Waals surface area contributed by atoms with Crippen molar-refractivity contribution < 1.29 is 4.79 Å². The molecule has 0 heterocycles. The van der Waals surface area contributed by atoms with E-state index in [1.54, 1.807) is 6.08 Å². The predicted octanol–water partition coefficient (Wildman–Crippen LogP) is 6.08. The zero-order valence-electron chi connectivity index (χ0n) is 15.5. The zero-order chi connectivity index (χ0) is 17.7. The fraction of sp³-hybridized carbons (Fsp3) is 0.348. The molecule has 0 bridgehead atoms. The van der Waals surface area contributed by atoms with Crippen LogP contribution in [0.25, 0.3) is 6.08 Å². The summed E-state index contributed by atoms with van der Waals surface area (Å²) in [5.41, 5.74) is 4.52. The third-order valence-corrected chi connectivity index (χ3v) is 4.09. The molecule has 0 amide bonds.